The lowest BCUT2D eigenvalue weighted by Crippen LogP contribution is -2.37. The largest absolute Gasteiger partial charge is 0.464 e. The van der Waals surface area contributed by atoms with Crippen LogP contribution in [0, 0.1) is 6.92 Å². The van der Waals surface area contributed by atoms with Gasteiger partial charge in [0.15, 0.2) is 0 Å². The van der Waals surface area contributed by atoms with Crippen molar-refractivity contribution in [3.8, 4) is 0 Å². The Balaban J connectivity index is 1.87. The van der Waals surface area contributed by atoms with Gasteiger partial charge in [-0.05, 0) is 31.2 Å². The molecule has 22 heavy (non-hydrogen) atoms. The van der Waals surface area contributed by atoms with E-state index in [-0.39, 0.29) is 18.4 Å². The Morgan fingerprint density at radius 1 is 1.23 bits per heavy atom. The molecule has 0 aliphatic heterocycles. The second-order valence-electron chi connectivity index (χ2n) is 4.92. The first kappa shape index (κ1) is 16.1. The number of benzene rings is 1. The number of likely N-dealkylation sites (N-methyl/N-ethyl adjacent to an activating group) is 1. The van der Waals surface area contributed by atoms with Gasteiger partial charge in [0.05, 0.1) is 23.7 Å². The van der Waals surface area contributed by atoms with Crippen LogP contribution < -0.4 is 5.32 Å². The van der Waals surface area contributed by atoms with Gasteiger partial charge in [-0.15, -0.1) is 0 Å². The summed E-state index contributed by atoms with van der Waals surface area (Å²) >= 11 is 5.94. The molecular formula is C16H17ClN2O3. The normalized spacial score (nSPS) is 10.3. The van der Waals surface area contributed by atoms with Crippen LogP contribution in [0.1, 0.15) is 21.9 Å². The summed E-state index contributed by atoms with van der Waals surface area (Å²) in [6.07, 6.45) is 0. The summed E-state index contributed by atoms with van der Waals surface area (Å²) < 4.78 is 5.42. The number of carbonyl (C=O) groups is 2. The Bertz CT molecular complexity index is 682. The SMILES string of the molecule is Cc1ccc(CN(C)C(=O)CNC(=O)c2ccccc2Cl)o1. The van der Waals surface area contributed by atoms with Gasteiger partial charge in [-0.25, -0.2) is 0 Å². The lowest BCUT2D eigenvalue weighted by atomic mass is 10.2. The summed E-state index contributed by atoms with van der Waals surface area (Å²) in [4.78, 5) is 25.5. The zero-order chi connectivity index (χ0) is 16.1. The van der Waals surface area contributed by atoms with Crippen LogP contribution in [-0.4, -0.2) is 30.3 Å². The molecule has 0 spiro atoms. The quantitative estimate of drug-likeness (QED) is 0.921. The third-order valence-corrected chi connectivity index (χ3v) is 3.46. The Labute approximate surface area is 133 Å². The van der Waals surface area contributed by atoms with Crippen molar-refractivity contribution in [3.63, 3.8) is 0 Å². The van der Waals surface area contributed by atoms with E-state index < -0.39 is 0 Å². The van der Waals surface area contributed by atoms with Crippen molar-refractivity contribution >= 4 is 23.4 Å². The monoisotopic (exact) mass is 320 g/mol. The van der Waals surface area contributed by atoms with Crippen molar-refractivity contribution < 1.29 is 14.0 Å². The summed E-state index contributed by atoms with van der Waals surface area (Å²) in [5.74, 6) is 0.907. The summed E-state index contributed by atoms with van der Waals surface area (Å²) in [6.45, 7) is 2.10. The van der Waals surface area contributed by atoms with Crippen LogP contribution in [0.2, 0.25) is 5.02 Å². The number of amides is 2. The number of hydrogen-bond donors (Lipinski definition) is 1. The average Bonchev–Trinajstić information content (AvgIpc) is 2.90. The lowest BCUT2D eigenvalue weighted by Gasteiger charge is -2.16. The van der Waals surface area contributed by atoms with E-state index in [0.717, 1.165) is 5.76 Å². The van der Waals surface area contributed by atoms with Gasteiger partial charge in [0.25, 0.3) is 5.91 Å². The molecule has 0 saturated carbocycles. The molecule has 1 N–H and O–H groups in total. The zero-order valence-electron chi connectivity index (χ0n) is 12.4. The predicted octanol–water partition coefficient (Wildman–Crippen LogP) is 2.63. The summed E-state index contributed by atoms with van der Waals surface area (Å²) in [7, 11) is 1.65. The molecule has 2 rings (SSSR count). The molecule has 0 bridgehead atoms. The van der Waals surface area contributed by atoms with Crippen LogP contribution in [0.25, 0.3) is 0 Å². The zero-order valence-corrected chi connectivity index (χ0v) is 13.2. The highest BCUT2D eigenvalue weighted by Gasteiger charge is 2.14. The molecule has 0 aliphatic carbocycles. The van der Waals surface area contributed by atoms with Crippen molar-refractivity contribution in [1.82, 2.24) is 10.2 Å². The summed E-state index contributed by atoms with van der Waals surface area (Å²) in [5, 5.41) is 2.92. The highest BCUT2D eigenvalue weighted by molar-refractivity contribution is 6.33. The van der Waals surface area contributed by atoms with Crippen LogP contribution in [0.5, 0.6) is 0 Å². The van der Waals surface area contributed by atoms with E-state index >= 15 is 0 Å². The van der Waals surface area contributed by atoms with Crippen LogP contribution in [0.15, 0.2) is 40.8 Å². The fourth-order valence-corrected chi connectivity index (χ4v) is 2.15. The van der Waals surface area contributed by atoms with Gasteiger partial charge in [-0.2, -0.15) is 0 Å². The van der Waals surface area contributed by atoms with E-state index in [1.54, 1.807) is 31.3 Å². The molecule has 0 aliphatic rings. The maximum absolute atomic E-state index is 12.0. The Hall–Kier alpha value is -2.27. The fourth-order valence-electron chi connectivity index (χ4n) is 1.92. The van der Waals surface area contributed by atoms with Crippen molar-refractivity contribution in [2.24, 2.45) is 0 Å². The van der Waals surface area contributed by atoms with Gasteiger partial charge in [0.2, 0.25) is 5.91 Å². The number of rotatable bonds is 5. The third kappa shape index (κ3) is 4.11. The minimum Gasteiger partial charge on any atom is -0.464 e. The van der Waals surface area contributed by atoms with Gasteiger partial charge in [-0.1, -0.05) is 23.7 Å². The van der Waals surface area contributed by atoms with E-state index in [0.29, 0.717) is 22.9 Å². The minimum atomic E-state index is -0.374. The molecule has 1 heterocycles. The topological polar surface area (TPSA) is 62.6 Å². The number of nitrogens with one attached hydrogen (secondary N) is 1. The van der Waals surface area contributed by atoms with E-state index in [9.17, 15) is 9.59 Å². The summed E-state index contributed by atoms with van der Waals surface area (Å²) in [6, 6.07) is 10.4. The molecule has 0 saturated heterocycles. The number of furan rings is 1. The van der Waals surface area contributed by atoms with Crippen LogP contribution in [0.4, 0.5) is 0 Å². The van der Waals surface area contributed by atoms with E-state index in [2.05, 4.69) is 5.32 Å². The van der Waals surface area contributed by atoms with Crippen LogP contribution >= 0.6 is 11.6 Å². The molecule has 116 valence electrons. The fraction of sp³-hybridized carbons (Fsp3) is 0.250. The molecule has 1 aromatic heterocycles. The van der Waals surface area contributed by atoms with Crippen molar-refractivity contribution in [2.45, 2.75) is 13.5 Å². The number of nitrogens with zero attached hydrogens (tertiary/aromatic N) is 1. The molecular weight excluding hydrogens is 304 g/mol. The maximum atomic E-state index is 12.0. The molecule has 0 atom stereocenters. The minimum absolute atomic E-state index is 0.0970. The van der Waals surface area contributed by atoms with Gasteiger partial charge in [0, 0.05) is 7.05 Å². The molecule has 0 radical (unpaired) electrons. The van der Waals surface area contributed by atoms with Gasteiger partial charge in [-0.3, -0.25) is 9.59 Å². The summed E-state index contributed by atoms with van der Waals surface area (Å²) in [5.41, 5.74) is 0.348. The number of aryl methyl sites for hydroxylation is 1. The number of carbonyl (C=O) groups excluding carboxylic acids is 2. The Kier molecular flexibility index (Phi) is 5.22. The second kappa shape index (κ2) is 7.13. The first-order valence-corrected chi connectivity index (χ1v) is 7.17. The number of halogens is 1. The molecule has 1 aromatic carbocycles. The molecule has 6 heteroatoms. The predicted molar refractivity (Wildman–Crippen MR) is 83.7 cm³/mol. The van der Waals surface area contributed by atoms with Crippen LogP contribution in [-0.2, 0) is 11.3 Å². The number of hydrogen-bond acceptors (Lipinski definition) is 3. The highest BCUT2D eigenvalue weighted by Crippen LogP contribution is 2.14. The molecule has 5 nitrogen and oxygen atoms in total. The van der Waals surface area contributed by atoms with Gasteiger partial charge >= 0.3 is 0 Å². The van der Waals surface area contributed by atoms with Gasteiger partial charge in [0.1, 0.15) is 11.5 Å². The van der Waals surface area contributed by atoms with Gasteiger partial charge < -0.3 is 14.6 Å². The molecule has 0 unspecified atom stereocenters. The van der Waals surface area contributed by atoms with Crippen LogP contribution in [0.3, 0.4) is 0 Å². The maximum Gasteiger partial charge on any atom is 0.253 e. The Morgan fingerprint density at radius 3 is 2.59 bits per heavy atom. The van der Waals surface area contributed by atoms with E-state index in [1.807, 2.05) is 19.1 Å². The first-order valence-electron chi connectivity index (χ1n) is 6.79. The lowest BCUT2D eigenvalue weighted by molar-refractivity contribution is -0.129. The third-order valence-electron chi connectivity index (χ3n) is 3.13. The molecule has 0 fully saturated rings. The molecule has 2 amide bonds. The second-order valence-corrected chi connectivity index (χ2v) is 5.33. The van der Waals surface area contributed by atoms with Crippen molar-refractivity contribution in [3.05, 3.63) is 58.5 Å². The standard InChI is InChI=1S/C16H17ClN2O3/c1-11-7-8-12(22-11)10-19(2)15(20)9-18-16(21)13-5-3-4-6-14(13)17/h3-8H,9-10H2,1-2H3,(H,18,21). The smallest absolute Gasteiger partial charge is 0.253 e. The van der Waals surface area contributed by atoms with E-state index in [1.165, 1.54) is 4.90 Å². The first-order chi connectivity index (χ1) is 10.5. The Morgan fingerprint density at radius 2 is 1.95 bits per heavy atom. The average molecular weight is 321 g/mol. The van der Waals surface area contributed by atoms with E-state index in [4.69, 9.17) is 16.0 Å². The van der Waals surface area contributed by atoms with Crippen molar-refractivity contribution in [1.29, 1.82) is 0 Å². The van der Waals surface area contributed by atoms with Crippen molar-refractivity contribution in [2.75, 3.05) is 13.6 Å². The molecule has 2 aromatic rings. The highest BCUT2D eigenvalue weighted by atomic mass is 35.5.